The average Bonchev–Trinajstić information content (AvgIpc) is 3.13. The number of benzene rings is 2. The minimum Gasteiger partial charge on any atom is -0.493 e. The first kappa shape index (κ1) is 22.0. The average molecular weight is 488 g/mol. The van der Waals surface area contributed by atoms with Crippen molar-refractivity contribution < 1.29 is 23.7 Å². The number of halogens is 1. The predicted octanol–water partition coefficient (Wildman–Crippen LogP) is 4.85. The van der Waals surface area contributed by atoms with Gasteiger partial charge in [-0.1, -0.05) is 29.4 Å². The third-order valence-electron chi connectivity index (χ3n) is 4.16. The molecule has 0 spiro atoms. The summed E-state index contributed by atoms with van der Waals surface area (Å²) >= 11 is 3.37. The number of hydrogen-bond acceptors (Lipinski definition) is 7. The van der Waals surface area contributed by atoms with Gasteiger partial charge in [-0.2, -0.15) is 0 Å². The van der Waals surface area contributed by atoms with E-state index in [4.69, 9.17) is 14.0 Å². The van der Waals surface area contributed by atoms with E-state index in [1.807, 2.05) is 18.2 Å². The summed E-state index contributed by atoms with van der Waals surface area (Å²) < 4.78 is 16.7. The topological polar surface area (TPSA) is 117 Å². The summed E-state index contributed by atoms with van der Waals surface area (Å²) in [5, 5.41) is 17.5. The molecule has 10 heteroatoms. The van der Waals surface area contributed by atoms with E-state index in [-0.39, 0.29) is 29.7 Å². The zero-order chi connectivity index (χ0) is 22.4. The molecular weight excluding hydrogens is 470 g/mol. The van der Waals surface area contributed by atoms with Crippen molar-refractivity contribution in [2.24, 2.45) is 0 Å². The maximum atomic E-state index is 12.2. The molecule has 31 heavy (non-hydrogen) atoms. The van der Waals surface area contributed by atoms with Crippen LogP contribution < -0.4 is 14.8 Å². The molecule has 0 fully saturated rings. The Hall–Kier alpha value is -3.66. The van der Waals surface area contributed by atoms with Crippen LogP contribution >= 0.6 is 15.9 Å². The molecule has 3 rings (SSSR count). The van der Waals surface area contributed by atoms with Crippen molar-refractivity contribution in [2.75, 3.05) is 19.0 Å². The number of ether oxygens (including phenoxy) is 2. The molecule has 0 atom stereocenters. The number of carbonyl (C=O) groups is 1. The molecule has 3 aromatic rings. The fraction of sp³-hybridized carbons (Fsp3) is 0.143. The number of nitro groups is 1. The molecule has 0 saturated carbocycles. The number of para-hydroxylation sites is 1. The highest BCUT2D eigenvalue weighted by Crippen LogP contribution is 2.30. The fourth-order valence-corrected chi connectivity index (χ4v) is 3.07. The van der Waals surface area contributed by atoms with Crippen LogP contribution in [0.4, 0.5) is 11.4 Å². The fourth-order valence-electron chi connectivity index (χ4n) is 2.69. The monoisotopic (exact) mass is 487 g/mol. The zero-order valence-electron chi connectivity index (χ0n) is 16.6. The lowest BCUT2D eigenvalue weighted by molar-refractivity contribution is -0.386. The van der Waals surface area contributed by atoms with Crippen LogP contribution in [0.2, 0.25) is 0 Å². The molecule has 1 N–H and O–H groups in total. The van der Waals surface area contributed by atoms with Crippen molar-refractivity contribution in [2.45, 2.75) is 6.92 Å². The van der Waals surface area contributed by atoms with E-state index in [9.17, 15) is 14.9 Å². The molecule has 0 bridgehead atoms. The van der Waals surface area contributed by atoms with Gasteiger partial charge in [0.2, 0.25) is 5.76 Å². The van der Waals surface area contributed by atoms with Crippen LogP contribution in [0.1, 0.15) is 17.0 Å². The summed E-state index contributed by atoms with van der Waals surface area (Å²) in [5.41, 5.74) is 1.34. The summed E-state index contributed by atoms with van der Waals surface area (Å²) in [6.45, 7) is 1.29. The van der Waals surface area contributed by atoms with Crippen molar-refractivity contribution >= 4 is 45.4 Å². The first-order chi connectivity index (χ1) is 14.9. The Labute approximate surface area is 185 Å². The highest BCUT2D eigenvalue weighted by atomic mass is 79.9. The standard InChI is InChI=1S/C21H18BrN3O6/c1-13-21(25(27)28)18(31-24-13)10-8-14-7-9-17(19(11-14)29-2)30-12-20(26)23-16-6-4-3-5-15(16)22/h3-11H,12H2,1-2H3,(H,23,26)/b10-8+. The third-order valence-corrected chi connectivity index (χ3v) is 4.85. The Balaban J connectivity index is 1.68. The van der Waals surface area contributed by atoms with Crippen molar-refractivity contribution in [1.29, 1.82) is 0 Å². The Morgan fingerprint density at radius 2 is 2.03 bits per heavy atom. The molecule has 2 aromatic carbocycles. The van der Waals surface area contributed by atoms with Gasteiger partial charge in [-0.3, -0.25) is 14.9 Å². The summed E-state index contributed by atoms with van der Waals surface area (Å²) in [7, 11) is 1.47. The molecule has 0 aliphatic carbocycles. The van der Waals surface area contributed by atoms with Crippen LogP contribution in [-0.4, -0.2) is 29.7 Å². The minimum absolute atomic E-state index is 0.0468. The molecule has 1 aromatic heterocycles. The van der Waals surface area contributed by atoms with Crippen molar-refractivity contribution in [3.63, 3.8) is 0 Å². The Morgan fingerprint density at radius 1 is 1.26 bits per heavy atom. The lowest BCUT2D eigenvalue weighted by Gasteiger charge is -2.12. The number of rotatable bonds is 8. The maximum Gasteiger partial charge on any atom is 0.338 e. The molecule has 0 radical (unpaired) electrons. The predicted molar refractivity (Wildman–Crippen MR) is 118 cm³/mol. The van der Waals surface area contributed by atoms with Gasteiger partial charge in [0, 0.05) is 4.47 Å². The summed E-state index contributed by atoms with van der Waals surface area (Å²) in [4.78, 5) is 22.8. The molecule has 0 unspecified atom stereocenters. The van der Waals surface area contributed by atoms with E-state index >= 15 is 0 Å². The second-order valence-electron chi connectivity index (χ2n) is 6.30. The van der Waals surface area contributed by atoms with Crippen LogP contribution in [-0.2, 0) is 4.79 Å². The van der Waals surface area contributed by atoms with E-state index < -0.39 is 4.92 Å². The van der Waals surface area contributed by atoms with Crippen molar-refractivity contribution in [3.05, 3.63) is 74.1 Å². The number of nitrogens with zero attached hydrogens (tertiary/aromatic N) is 2. The summed E-state index contributed by atoms with van der Waals surface area (Å²) in [6.07, 6.45) is 3.08. The van der Waals surface area contributed by atoms with Gasteiger partial charge >= 0.3 is 5.69 Å². The second kappa shape index (κ2) is 9.90. The number of methoxy groups -OCH3 is 1. The van der Waals surface area contributed by atoms with Crippen LogP contribution in [0.3, 0.4) is 0 Å². The van der Waals surface area contributed by atoms with E-state index in [1.54, 1.807) is 30.3 Å². The van der Waals surface area contributed by atoms with Crippen LogP contribution in [0.5, 0.6) is 11.5 Å². The van der Waals surface area contributed by atoms with Gasteiger partial charge in [-0.25, -0.2) is 0 Å². The van der Waals surface area contributed by atoms with Gasteiger partial charge in [0.05, 0.1) is 17.7 Å². The SMILES string of the molecule is COc1cc(/C=C/c2onc(C)c2[N+](=O)[O-])ccc1OCC(=O)Nc1ccccc1Br. The van der Waals surface area contributed by atoms with E-state index in [0.29, 0.717) is 22.7 Å². The molecule has 1 heterocycles. The van der Waals surface area contributed by atoms with Gasteiger partial charge in [-0.05, 0) is 58.8 Å². The largest absolute Gasteiger partial charge is 0.493 e. The molecule has 0 saturated heterocycles. The van der Waals surface area contributed by atoms with Gasteiger partial charge in [-0.15, -0.1) is 0 Å². The first-order valence-electron chi connectivity index (χ1n) is 9.03. The van der Waals surface area contributed by atoms with Crippen LogP contribution in [0, 0.1) is 17.0 Å². The number of carbonyl (C=O) groups excluding carboxylic acids is 1. The number of nitrogens with one attached hydrogen (secondary N) is 1. The Kier molecular flexibility index (Phi) is 7.03. The van der Waals surface area contributed by atoms with Gasteiger partial charge in [0.25, 0.3) is 5.91 Å². The van der Waals surface area contributed by atoms with E-state index in [0.717, 1.165) is 4.47 Å². The van der Waals surface area contributed by atoms with Crippen molar-refractivity contribution in [1.82, 2.24) is 5.16 Å². The van der Waals surface area contributed by atoms with Crippen LogP contribution in [0.15, 0.2) is 51.5 Å². The normalized spacial score (nSPS) is 10.8. The highest BCUT2D eigenvalue weighted by molar-refractivity contribution is 9.10. The highest BCUT2D eigenvalue weighted by Gasteiger charge is 2.22. The molecule has 9 nitrogen and oxygen atoms in total. The number of aromatic nitrogens is 1. The smallest absolute Gasteiger partial charge is 0.338 e. The first-order valence-corrected chi connectivity index (χ1v) is 9.82. The van der Waals surface area contributed by atoms with E-state index in [1.165, 1.54) is 20.1 Å². The molecule has 0 aliphatic rings. The Bertz CT molecular complexity index is 1140. The molecule has 160 valence electrons. The lowest BCUT2D eigenvalue weighted by atomic mass is 10.1. The Morgan fingerprint density at radius 3 is 2.74 bits per heavy atom. The van der Waals surface area contributed by atoms with Crippen molar-refractivity contribution in [3.8, 4) is 11.5 Å². The van der Waals surface area contributed by atoms with E-state index in [2.05, 4.69) is 26.4 Å². The number of anilines is 1. The van der Waals surface area contributed by atoms with Gasteiger partial charge in [0.1, 0.15) is 0 Å². The second-order valence-corrected chi connectivity index (χ2v) is 7.15. The molecular formula is C21H18BrN3O6. The van der Waals surface area contributed by atoms with Crippen LogP contribution in [0.25, 0.3) is 12.2 Å². The minimum atomic E-state index is -0.540. The quantitative estimate of drug-likeness (QED) is 0.356. The van der Waals surface area contributed by atoms with Gasteiger partial charge < -0.3 is 19.3 Å². The maximum absolute atomic E-state index is 12.2. The zero-order valence-corrected chi connectivity index (χ0v) is 18.2. The third kappa shape index (κ3) is 5.48. The number of hydrogen-bond donors (Lipinski definition) is 1. The van der Waals surface area contributed by atoms with Gasteiger partial charge in [0.15, 0.2) is 23.8 Å². The number of aryl methyl sites for hydroxylation is 1. The summed E-state index contributed by atoms with van der Waals surface area (Å²) in [5.74, 6) is 0.499. The summed E-state index contributed by atoms with van der Waals surface area (Å²) in [6, 6.07) is 12.3. The lowest BCUT2D eigenvalue weighted by Crippen LogP contribution is -2.20. The molecule has 0 aliphatic heterocycles. The number of amides is 1. The molecule has 1 amide bonds.